The minimum atomic E-state index is -3.97. The third kappa shape index (κ3) is 6.16. The average Bonchev–Trinajstić information content (AvgIpc) is 3.69. The number of amidine groups is 1. The summed E-state index contributed by atoms with van der Waals surface area (Å²) >= 11 is 2.75. The molecular weight excluding hydrogens is 583 g/mol. The van der Waals surface area contributed by atoms with Crippen LogP contribution in [0.15, 0.2) is 46.1 Å². The lowest BCUT2D eigenvalue weighted by atomic mass is 9.91. The molecule has 16 heteroatoms. The summed E-state index contributed by atoms with van der Waals surface area (Å²) in [4.78, 5) is 15.2. The van der Waals surface area contributed by atoms with Gasteiger partial charge in [-0.2, -0.15) is 31.7 Å². The topological polar surface area (TPSA) is 138 Å². The molecule has 3 N–H and O–H groups in total. The van der Waals surface area contributed by atoms with Gasteiger partial charge in [-0.3, -0.25) is 4.99 Å². The zero-order valence-electron chi connectivity index (χ0n) is 21.9. The maximum atomic E-state index is 13.2. The fourth-order valence-corrected chi connectivity index (χ4v) is 7.94. The maximum Gasteiger partial charge on any atom is 0.333 e. The first-order valence-electron chi connectivity index (χ1n) is 12.8. The van der Waals surface area contributed by atoms with Gasteiger partial charge >= 0.3 is 6.55 Å². The monoisotopic (exact) mass is 612 g/mol. The molecule has 0 saturated carbocycles. The number of hydrogen-bond donors (Lipinski definition) is 3. The standard InChI is InChI=1S/C24H30F2N8O3S3/c1-3-5-24(35,22-28-7-10-39-22)12-15(2)31-40(36,37)32-16-11-19-17(18-4-8-34(30-18)23(25)26)13-29-20(33(19)14-16)21-27-6-9-38-21/h4,6-10,15-16,23,31-32,35H,3,5,11-14H2,1-2H3/t15?,16-,24?/m0/s1. The molecule has 5 rings (SSSR count). The van der Waals surface area contributed by atoms with E-state index in [0.717, 1.165) is 5.70 Å². The fraction of sp³-hybridized carbons (Fsp3) is 0.500. The van der Waals surface area contributed by atoms with Gasteiger partial charge in [-0.05, 0) is 25.8 Å². The van der Waals surface area contributed by atoms with E-state index in [9.17, 15) is 22.3 Å². The van der Waals surface area contributed by atoms with Crippen LogP contribution in [0.1, 0.15) is 61.8 Å². The van der Waals surface area contributed by atoms with E-state index in [-0.39, 0.29) is 19.5 Å². The van der Waals surface area contributed by atoms with Crippen LogP contribution < -0.4 is 9.44 Å². The molecule has 1 saturated heterocycles. The molecule has 0 spiro atoms. The number of aliphatic hydroxyl groups is 1. The number of nitrogens with one attached hydrogen (secondary N) is 2. The van der Waals surface area contributed by atoms with Crippen LogP contribution in [-0.4, -0.2) is 69.2 Å². The summed E-state index contributed by atoms with van der Waals surface area (Å²) in [6, 6.07) is 0.406. The van der Waals surface area contributed by atoms with Crippen molar-refractivity contribution in [2.24, 2.45) is 4.99 Å². The Kier molecular flexibility index (Phi) is 8.45. The molecule has 3 aromatic heterocycles. The van der Waals surface area contributed by atoms with E-state index in [2.05, 4.69) is 29.5 Å². The van der Waals surface area contributed by atoms with Crippen molar-refractivity contribution >= 4 is 44.3 Å². The SMILES string of the molecule is CCCC(O)(CC(C)NS(=O)(=O)N[C@H]1CC2=C(c3ccn(C(F)F)n3)CN=C(c3nccs3)N2C1)c1nccs1. The lowest BCUT2D eigenvalue weighted by Crippen LogP contribution is -2.48. The van der Waals surface area contributed by atoms with Gasteiger partial charge < -0.3 is 10.0 Å². The first-order valence-corrected chi connectivity index (χ1v) is 16.0. The summed E-state index contributed by atoms with van der Waals surface area (Å²) in [5.41, 5.74) is 0.562. The van der Waals surface area contributed by atoms with Crippen LogP contribution in [0.25, 0.3) is 5.57 Å². The Hall–Kier alpha value is -2.63. The minimum absolute atomic E-state index is 0.162. The molecule has 0 aliphatic carbocycles. The molecule has 5 heterocycles. The average molecular weight is 613 g/mol. The highest BCUT2D eigenvalue weighted by molar-refractivity contribution is 7.87. The highest BCUT2D eigenvalue weighted by Crippen LogP contribution is 2.36. The molecule has 2 unspecified atom stereocenters. The molecule has 2 aliphatic heterocycles. The number of fused-ring (bicyclic) bond motifs is 1. The maximum absolute atomic E-state index is 13.2. The van der Waals surface area contributed by atoms with Gasteiger partial charge in [0.2, 0.25) is 0 Å². The number of alkyl halides is 2. The van der Waals surface area contributed by atoms with Gasteiger partial charge in [0.15, 0.2) is 10.8 Å². The quantitative estimate of drug-likeness (QED) is 0.285. The fourth-order valence-electron chi connectivity index (χ4n) is 5.23. The summed E-state index contributed by atoms with van der Waals surface area (Å²) in [6.45, 7) is 1.38. The van der Waals surface area contributed by atoms with Gasteiger partial charge in [0.05, 0.1) is 12.2 Å². The first kappa shape index (κ1) is 28.9. The molecule has 11 nitrogen and oxygen atoms in total. The van der Waals surface area contributed by atoms with Crippen molar-refractivity contribution in [1.82, 2.24) is 34.1 Å². The molecule has 0 aromatic carbocycles. The van der Waals surface area contributed by atoms with Crippen molar-refractivity contribution in [2.45, 2.75) is 63.8 Å². The Morgan fingerprint density at radius 3 is 2.67 bits per heavy atom. The van der Waals surface area contributed by atoms with Crippen molar-refractivity contribution in [3.05, 3.63) is 56.8 Å². The highest BCUT2D eigenvalue weighted by atomic mass is 32.2. The molecule has 0 amide bonds. The van der Waals surface area contributed by atoms with E-state index in [1.54, 1.807) is 24.7 Å². The second kappa shape index (κ2) is 11.7. The molecule has 216 valence electrons. The van der Waals surface area contributed by atoms with Gasteiger partial charge in [-0.15, -0.1) is 22.7 Å². The van der Waals surface area contributed by atoms with Gasteiger partial charge in [-0.25, -0.2) is 14.6 Å². The van der Waals surface area contributed by atoms with E-state index >= 15 is 0 Å². The van der Waals surface area contributed by atoms with Crippen LogP contribution in [0.5, 0.6) is 0 Å². The van der Waals surface area contributed by atoms with Crippen molar-refractivity contribution in [1.29, 1.82) is 0 Å². The van der Waals surface area contributed by atoms with Gasteiger partial charge in [0.1, 0.15) is 10.6 Å². The smallest absolute Gasteiger partial charge is 0.333 e. The molecule has 2 aliphatic rings. The van der Waals surface area contributed by atoms with Crippen LogP contribution in [0.3, 0.4) is 0 Å². The molecule has 3 atom stereocenters. The summed E-state index contributed by atoms with van der Waals surface area (Å²) in [5.74, 6) is 0.609. The Balaban J connectivity index is 1.33. The summed E-state index contributed by atoms with van der Waals surface area (Å²) < 4.78 is 58.7. The predicted octanol–water partition coefficient (Wildman–Crippen LogP) is 3.33. The summed E-state index contributed by atoms with van der Waals surface area (Å²) in [6.07, 6.45) is 6.14. The van der Waals surface area contributed by atoms with Crippen LogP contribution in [0, 0.1) is 0 Å². The molecule has 3 aromatic rings. The Morgan fingerprint density at radius 2 is 2.02 bits per heavy atom. The van der Waals surface area contributed by atoms with Crippen molar-refractivity contribution in [3.63, 3.8) is 0 Å². The molecule has 40 heavy (non-hydrogen) atoms. The van der Waals surface area contributed by atoms with E-state index in [1.807, 2.05) is 17.2 Å². The number of thiazole rings is 2. The third-order valence-electron chi connectivity index (χ3n) is 6.72. The number of nitrogens with zero attached hydrogens (tertiary/aromatic N) is 6. The van der Waals surface area contributed by atoms with Crippen molar-refractivity contribution < 1.29 is 22.3 Å². The Labute approximate surface area is 238 Å². The lowest BCUT2D eigenvalue weighted by Gasteiger charge is -2.29. The number of halogens is 2. The molecule has 0 radical (unpaired) electrons. The number of aliphatic imine (C=N–C) groups is 1. The van der Waals surface area contributed by atoms with E-state index in [4.69, 9.17) is 0 Å². The van der Waals surface area contributed by atoms with Crippen LogP contribution in [-0.2, 0) is 15.8 Å². The van der Waals surface area contributed by atoms with Crippen molar-refractivity contribution in [2.75, 3.05) is 13.1 Å². The van der Waals surface area contributed by atoms with E-state index in [0.29, 0.717) is 51.1 Å². The van der Waals surface area contributed by atoms with Gasteiger partial charge in [0.25, 0.3) is 10.2 Å². The van der Waals surface area contributed by atoms with Gasteiger partial charge in [0, 0.05) is 65.7 Å². The second-order valence-corrected chi connectivity index (χ2v) is 13.1. The van der Waals surface area contributed by atoms with Crippen molar-refractivity contribution in [3.8, 4) is 0 Å². The van der Waals surface area contributed by atoms with E-state index in [1.165, 1.54) is 34.9 Å². The predicted molar refractivity (Wildman–Crippen MR) is 149 cm³/mol. The Bertz CT molecular complexity index is 1470. The van der Waals surface area contributed by atoms with Crippen LogP contribution >= 0.6 is 22.7 Å². The number of aromatic nitrogens is 4. The second-order valence-electron chi connectivity index (χ2n) is 9.84. The normalized spacial score (nSPS) is 20.1. The largest absolute Gasteiger partial charge is 0.383 e. The van der Waals surface area contributed by atoms with Crippen LogP contribution in [0.2, 0.25) is 0 Å². The number of hydrogen-bond acceptors (Lipinski definition) is 10. The Morgan fingerprint density at radius 1 is 1.25 bits per heavy atom. The lowest BCUT2D eigenvalue weighted by molar-refractivity contribution is 0.0112. The van der Waals surface area contributed by atoms with E-state index < -0.39 is 34.4 Å². The molecular formula is C24H30F2N8O3S3. The van der Waals surface area contributed by atoms with Gasteiger partial charge in [-0.1, -0.05) is 13.3 Å². The molecule has 0 bridgehead atoms. The number of rotatable bonds is 12. The highest BCUT2D eigenvalue weighted by Gasteiger charge is 2.39. The zero-order chi connectivity index (χ0) is 28.5. The summed E-state index contributed by atoms with van der Waals surface area (Å²) in [7, 11) is -3.97. The van der Waals surface area contributed by atoms with Crippen LogP contribution in [0.4, 0.5) is 8.78 Å². The molecule has 1 fully saturated rings. The summed E-state index contributed by atoms with van der Waals surface area (Å²) in [5, 5.41) is 20.1. The third-order valence-corrected chi connectivity index (χ3v) is 9.81. The minimum Gasteiger partial charge on any atom is -0.383 e. The zero-order valence-corrected chi connectivity index (χ0v) is 24.3. The first-order chi connectivity index (χ1) is 19.1.